The van der Waals surface area contributed by atoms with Gasteiger partial charge in [-0.05, 0) is 49.4 Å². The summed E-state index contributed by atoms with van der Waals surface area (Å²) in [4.78, 5) is 28.3. The fourth-order valence-electron chi connectivity index (χ4n) is 3.06. The largest absolute Gasteiger partial charge is 0.497 e. The number of carbonyl (C=O) groups excluding carboxylic acids is 2. The third-order valence-electron chi connectivity index (χ3n) is 4.63. The molecule has 4 aromatic rings. The van der Waals surface area contributed by atoms with Gasteiger partial charge in [-0.25, -0.2) is 9.50 Å². The maximum absolute atomic E-state index is 12.4. The first kappa shape index (κ1) is 20.6. The van der Waals surface area contributed by atoms with Gasteiger partial charge >= 0.3 is 0 Å². The highest BCUT2D eigenvalue weighted by Gasteiger charge is 2.12. The number of Topliss-reactive ketones (excluding diaryl/α,β-unsaturated/α-hetero) is 1. The van der Waals surface area contributed by atoms with E-state index in [0.29, 0.717) is 16.3 Å². The summed E-state index contributed by atoms with van der Waals surface area (Å²) in [5, 5.41) is 8.14. The number of ether oxygens (including phenoxy) is 1. The van der Waals surface area contributed by atoms with Gasteiger partial charge in [0.05, 0.1) is 24.1 Å². The van der Waals surface area contributed by atoms with Gasteiger partial charge in [0, 0.05) is 29.2 Å². The quantitative estimate of drug-likeness (QED) is 0.345. The van der Waals surface area contributed by atoms with Gasteiger partial charge in [-0.15, -0.1) is 0 Å². The van der Waals surface area contributed by atoms with Gasteiger partial charge in [0.15, 0.2) is 5.78 Å². The third kappa shape index (κ3) is 4.75. The number of aromatic nitrogens is 3. The summed E-state index contributed by atoms with van der Waals surface area (Å²) in [6.07, 6.45) is 3.44. The summed E-state index contributed by atoms with van der Waals surface area (Å²) in [6, 6.07) is 16.5. The van der Waals surface area contributed by atoms with Crippen molar-refractivity contribution in [3.05, 3.63) is 72.6 Å². The number of benzene rings is 2. The zero-order chi connectivity index (χ0) is 21.8. The molecular weight excluding hydrogens is 412 g/mol. The lowest BCUT2D eigenvalue weighted by Gasteiger charge is -2.06. The predicted octanol–water partition coefficient (Wildman–Crippen LogP) is 4.34. The van der Waals surface area contributed by atoms with E-state index >= 15 is 0 Å². The highest BCUT2D eigenvalue weighted by Crippen LogP contribution is 2.27. The number of nitrogens with one attached hydrogen (secondary N) is 1. The molecule has 1 amide bonds. The van der Waals surface area contributed by atoms with Crippen molar-refractivity contribution in [1.82, 2.24) is 14.6 Å². The first-order chi connectivity index (χ1) is 15.0. The molecule has 4 rings (SSSR count). The van der Waals surface area contributed by atoms with E-state index in [2.05, 4.69) is 15.4 Å². The molecule has 7 nitrogen and oxygen atoms in total. The van der Waals surface area contributed by atoms with Crippen LogP contribution >= 0.6 is 11.8 Å². The van der Waals surface area contributed by atoms with Gasteiger partial charge in [-0.3, -0.25) is 9.59 Å². The Morgan fingerprint density at radius 1 is 1.13 bits per heavy atom. The molecule has 0 saturated carbocycles. The third-order valence-corrected chi connectivity index (χ3v) is 5.63. The summed E-state index contributed by atoms with van der Waals surface area (Å²) in [5.74, 6) is 0.740. The van der Waals surface area contributed by atoms with E-state index < -0.39 is 0 Å². The molecule has 0 aliphatic carbocycles. The van der Waals surface area contributed by atoms with Gasteiger partial charge in [-0.1, -0.05) is 23.9 Å². The van der Waals surface area contributed by atoms with Gasteiger partial charge in [0.25, 0.3) is 0 Å². The van der Waals surface area contributed by atoms with Crippen molar-refractivity contribution in [2.75, 3.05) is 18.2 Å². The smallest absolute Gasteiger partial charge is 0.234 e. The normalized spacial score (nSPS) is 10.8. The number of methoxy groups -OCH3 is 1. The Morgan fingerprint density at radius 3 is 2.68 bits per heavy atom. The number of nitrogens with zero attached hydrogens (tertiary/aromatic N) is 3. The molecule has 0 spiro atoms. The summed E-state index contributed by atoms with van der Waals surface area (Å²) in [7, 11) is 1.63. The monoisotopic (exact) mass is 432 g/mol. The van der Waals surface area contributed by atoms with Gasteiger partial charge in [-0.2, -0.15) is 5.10 Å². The van der Waals surface area contributed by atoms with Crippen molar-refractivity contribution in [2.24, 2.45) is 0 Å². The van der Waals surface area contributed by atoms with E-state index in [-0.39, 0.29) is 17.4 Å². The number of ketones is 1. The predicted molar refractivity (Wildman–Crippen MR) is 121 cm³/mol. The van der Waals surface area contributed by atoms with Crippen molar-refractivity contribution in [3.63, 3.8) is 0 Å². The van der Waals surface area contributed by atoms with Crippen LogP contribution in [-0.4, -0.2) is 39.2 Å². The molecule has 156 valence electrons. The standard InChI is InChI=1S/C23H20N4O3S/c1-15(28)17-4-3-5-18(12-17)25-22(29)14-31-23-21-13-20(26-27(21)11-10-24-23)16-6-8-19(30-2)9-7-16/h3-13H,14H2,1-2H3,(H,25,29). The molecule has 0 fully saturated rings. The molecule has 2 heterocycles. The number of fused-ring (bicyclic) bond motifs is 1. The van der Waals surface area contributed by atoms with Gasteiger partial charge in [0.2, 0.25) is 5.91 Å². The lowest BCUT2D eigenvalue weighted by atomic mass is 10.1. The first-order valence-corrected chi connectivity index (χ1v) is 10.5. The summed E-state index contributed by atoms with van der Waals surface area (Å²) in [6.45, 7) is 1.49. The Hall–Kier alpha value is -3.65. The van der Waals surface area contributed by atoms with Crippen LogP contribution in [0.1, 0.15) is 17.3 Å². The maximum atomic E-state index is 12.4. The molecule has 1 N–H and O–H groups in total. The zero-order valence-electron chi connectivity index (χ0n) is 17.0. The highest BCUT2D eigenvalue weighted by atomic mass is 32.2. The first-order valence-electron chi connectivity index (χ1n) is 9.56. The van der Waals surface area contributed by atoms with Crippen LogP contribution in [-0.2, 0) is 4.79 Å². The second-order valence-electron chi connectivity index (χ2n) is 6.79. The van der Waals surface area contributed by atoms with Crippen molar-refractivity contribution < 1.29 is 14.3 Å². The van der Waals surface area contributed by atoms with Crippen molar-refractivity contribution in [2.45, 2.75) is 11.9 Å². The molecule has 0 bridgehead atoms. The van der Waals surface area contributed by atoms with Gasteiger partial charge < -0.3 is 10.1 Å². The van der Waals surface area contributed by atoms with E-state index in [0.717, 1.165) is 22.5 Å². The van der Waals surface area contributed by atoms with E-state index in [9.17, 15) is 9.59 Å². The minimum Gasteiger partial charge on any atom is -0.497 e. The van der Waals surface area contributed by atoms with Crippen LogP contribution in [0.15, 0.2) is 72.0 Å². The van der Waals surface area contributed by atoms with Crippen molar-refractivity contribution in [3.8, 4) is 17.0 Å². The zero-order valence-corrected chi connectivity index (χ0v) is 17.8. The van der Waals surface area contributed by atoms with Gasteiger partial charge in [0.1, 0.15) is 10.8 Å². The number of hydrogen-bond donors (Lipinski definition) is 1. The van der Waals surface area contributed by atoms with Crippen LogP contribution in [0.2, 0.25) is 0 Å². The number of rotatable bonds is 7. The van der Waals surface area contributed by atoms with E-state index in [4.69, 9.17) is 4.74 Å². The maximum Gasteiger partial charge on any atom is 0.234 e. The topological polar surface area (TPSA) is 85.6 Å². The number of amides is 1. The number of thioether (sulfide) groups is 1. The molecule has 2 aromatic heterocycles. The molecule has 31 heavy (non-hydrogen) atoms. The van der Waals surface area contributed by atoms with E-state index in [1.807, 2.05) is 30.3 Å². The molecule has 0 unspecified atom stereocenters. The molecular formula is C23H20N4O3S. The van der Waals surface area contributed by atoms with Crippen LogP contribution < -0.4 is 10.1 Å². The second kappa shape index (κ2) is 9.01. The number of carbonyl (C=O) groups is 2. The summed E-state index contributed by atoms with van der Waals surface area (Å²) in [5.41, 5.74) is 3.74. The molecule has 0 aliphatic heterocycles. The average Bonchev–Trinajstić information content (AvgIpc) is 3.23. The Kier molecular flexibility index (Phi) is 5.99. The van der Waals surface area contributed by atoms with Crippen LogP contribution in [0.4, 0.5) is 5.69 Å². The minimum atomic E-state index is -0.176. The Morgan fingerprint density at radius 2 is 1.94 bits per heavy atom. The van der Waals surface area contributed by atoms with Crippen molar-refractivity contribution in [1.29, 1.82) is 0 Å². The molecule has 0 radical (unpaired) electrons. The summed E-state index contributed by atoms with van der Waals surface area (Å²) < 4.78 is 6.96. The van der Waals surface area contributed by atoms with Crippen LogP contribution in [0.3, 0.4) is 0 Å². The Labute approximate surface area is 183 Å². The lowest BCUT2D eigenvalue weighted by molar-refractivity contribution is -0.113. The van der Waals surface area contributed by atoms with Crippen LogP contribution in [0, 0.1) is 0 Å². The highest BCUT2D eigenvalue weighted by molar-refractivity contribution is 8.00. The number of hydrogen-bond acceptors (Lipinski definition) is 6. The molecule has 0 aliphatic rings. The number of anilines is 1. The fraction of sp³-hybridized carbons (Fsp3) is 0.130. The second-order valence-corrected chi connectivity index (χ2v) is 7.76. The minimum absolute atomic E-state index is 0.0465. The Balaban J connectivity index is 1.48. The average molecular weight is 433 g/mol. The van der Waals surface area contributed by atoms with Crippen LogP contribution in [0.25, 0.3) is 16.8 Å². The van der Waals surface area contributed by atoms with Crippen LogP contribution in [0.5, 0.6) is 5.75 Å². The molecule has 2 aromatic carbocycles. The molecule has 0 atom stereocenters. The lowest BCUT2D eigenvalue weighted by Crippen LogP contribution is -2.14. The molecule has 8 heteroatoms. The summed E-state index contributed by atoms with van der Waals surface area (Å²) >= 11 is 1.33. The fourth-order valence-corrected chi connectivity index (χ4v) is 3.83. The Bertz CT molecular complexity index is 1250. The van der Waals surface area contributed by atoms with Crippen molar-refractivity contribution >= 4 is 34.7 Å². The molecule has 0 saturated heterocycles. The SMILES string of the molecule is COc1ccc(-c2cc3c(SCC(=O)Nc4cccc(C(C)=O)c4)nccn3n2)cc1. The van der Waals surface area contributed by atoms with E-state index in [1.165, 1.54) is 18.7 Å². The van der Waals surface area contributed by atoms with E-state index in [1.54, 1.807) is 48.3 Å².